The van der Waals surface area contributed by atoms with Crippen LogP contribution in [0, 0.1) is 10.1 Å². The fraction of sp³-hybridized carbons (Fsp3) is 0.857. The van der Waals surface area contributed by atoms with E-state index in [9.17, 15) is 10.1 Å². The van der Waals surface area contributed by atoms with E-state index in [4.69, 9.17) is 9.47 Å². The first-order valence-corrected chi connectivity index (χ1v) is 8.17. The highest BCUT2D eigenvalue weighted by molar-refractivity contribution is 4.92. The van der Waals surface area contributed by atoms with E-state index in [2.05, 4.69) is 20.4 Å². The molecule has 2 aliphatic rings. The van der Waals surface area contributed by atoms with Crippen LogP contribution in [-0.4, -0.2) is 93.5 Å². The summed E-state index contributed by atoms with van der Waals surface area (Å²) >= 11 is 0. The first-order chi connectivity index (χ1) is 11.2. The molecule has 0 aliphatic carbocycles. The summed E-state index contributed by atoms with van der Waals surface area (Å²) in [5, 5.41) is 17.0. The predicted molar refractivity (Wildman–Crippen MR) is 85.6 cm³/mol. The first kappa shape index (κ1) is 17.9. The zero-order valence-corrected chi connectivity index (χ0v) is 13.5. The van der Waals surface area contributed by atoms with Crippen LogP contribution in [0.5, 0.6) is 0 Å². The molecule has 23 heavy (non-hydrogen) atoms. The zero-order valence-electron chi connectivity index (χ0n) is 13.5. The second-order valence-electron chi connectivity index (χ2n) is 5.59. The summed E-state index contributed by atoms with van der Waals surface area (Å²) in [6.45, 7) is 9.75. The van der Waals surface area contributed by atoms with Crippen molar-refractivity contribution >= 4 is 0 Å². The molecule has 0 atom stereocenters. The van der Waals surface area contributed by atoms with Crippen LogP contribution in [0.1, 0.15) is 0 Å². The highest BCUT2D eigenvalue weighted by atomic mass is 16.6. The van der Waals surface area contributed by atoms with Gasteiger partial charge in [0.25, 0.3) is 6.20 Å². The number of hydrogen-bond acceptors (Lipinski definition) is 8. The molecule has 0 aromatic carbocycles. The molecule has 2 rings (SSSR count). The number of nitrogens with one attached hydrogen (secondary N) is 2. The largest absolute Gasteiger partial charge is 0.379 e. The Morgan fingerprint density at radius 2 is 1.39 bits per heavy atom. The molecule has 2 saturated heterocycles. The van der Waals surface area contributed by atoms with Gasteiger partial charge >= 0.3 is 0 Å². The van der Waals surface area contributed by atoms with Gasteiger partial charge in [-0.1, -0.05) is 0 Å². The van der Waals surface area contributed by atoms with Crippen LogP contribution < -0.4 is 10.6 Å². The molecular formula is C14H27N5O4. The molecule has 2 heterocycles. The van der Waals surface area contributed by atoms with Crippen molar-refractivity contribution in [2.24, 2.45) is 0 Å². The van der Waals surface area contributed by atoms with Gasteiger partial charge in [0.15, 0.2) is 5.82 Å². The SMILES string of the molecule is O=[N+]([O-])C=C(NCCN1CCOCC1)NCCN1CCOCC1. The normalized spacial score (nSPS) is 20.0. The Balaban J connectivity index is 1.65. The van der Waals surface area contributed by atoms with Crippen molar-refractivity contribution in [3.63, 3.8) is 0 Å². The van der Waals surface area contributed by atoms with Gasteiger partial charge in [-0.2, -0.15) is 0 Å². The molecule has 9 heteroatoms. The summed E-state index contributed by atoms with van der Waals surface area (Å²) < 4.78 is 10.6. The van der Waals surface area contributed by atoms with E-state index >= 15 is 0 Å². The Morgan fingerprint density at radius 1 is 0.957 bits per heavy atom. The summed E-state index contributed by atoms with van der Waals surface area (Å²) in [6.07, 6.45) is 0.999. The number of hydrogen-bond donors (Lipinski definition) is 2. The minimum atomic E-state index is -0.432. The van der Waals surface area contributed by atoms with Gasteiger partial charge in [-0.15, -0.1) is 0 Å². The molecule has 0 aromatic heterocycles. The van der Waals surface area contributed by atoms with Gasteiger partial charge in [-0.25, -0.2) is 0 Å². The van der Waals surface area contributed by atoms with Crippen molar-refractivity contribution in [2.45, 2.75) is 0 Å². The molecular weight excluding hydrogens is 302 g/mol. The van der Waals surface area contributed by atoms with Crippen molar-refractivity contribution in [3.8, 4) is 0 Å². The maximum Gasteiger partial charge on any atom is 0.274 e. The minimum absolute atomic E-state index is 0.432. The molecule has 2 fully saturated rings. The summed E-state index contributed by atoms with van der Waals surface area (Å²) in [5.74, 6) is 0.469. The van der Waals surface area contributed by atoms with Gasteiger partial charge < -0.3 is 20.1 Å². The average molecular weight is 329 g/mol. The molecule has 0 unspecified atom stereocenters. The monoisotopic (exact) mass is 329 g/mol. The van der Waals surface area contributed by atoms with Crippen molar-refractivity contribution < 1.29 is 14.4 Å². The number of ether oxygens (including phenoxy) is 2. The summed E-state index contributed by atoms with van der Waals surface area (Å²) in [4.78, 5) is 14.9. The third-order valence-corrected chi connectivity index (χ3v) is 3.93. The van der Waals surface area contributed by atoms with Crippen molar-refractivity contribution in [2.75, 3.05) is 78.8 Å². The van der Waals surface area contributed by atoms with Gasteiger partial charge in [0.05, 0.1) is 31.4 Å². The van der Waals surface area contributed by atoms with Crippen molar-refractivity contribution in [3.05, 3.63) is 22.1 Å². The second kappa shape index (κ2) is 10.4. The predicted octanol–water partition coefficient (Wildman–Crippen LogP) is -1.09. The molecule has 0 aromatic rings. The lowest BCUT2D eigenvalue weighted by molar-refractivity contribution is -0.404. The smallest absolute Gasteiger partial charge is 0.274 e. The molecule has 2 N–H and O–H groups in total. The van der Waals surface area contributed by atoms with Crippen LogP contribution in [0.15, 0.2) is 12.0 Å². The van der Waals surface area contributed by atoms with E-state index in [1.54, 1.807) is 0 Å². The third kappa shape index (κ3) is 7.60. The molecule has 2 aliphatic heterocycles. The number of rotatable bonds is 9. The number of nitro groups is 1. The van der Waals surface area contributed by atoms with Gasteiger partial charge in [0, 0.05) is 52.4 Å². The van der Waals surface area contributed by atoms with Crippen LogP contribution in [0.4, 0.5) is 0 Å². The average Bonchev–Trinajstić information content (AvgIpc) is 2.56. The summed E-state index contributed by atoms with van der Waals surface area (Å²) in [5.41, 5.74) is 0. The van der Waals surface area contributed by atoms with Crippen LogP contribution >= 0.6 is 0 Å². The molecule has 0 spiro atoms. The molecule has 0 saturated carbocycles. The lowest BCUT2D eigenvalue weighted by atomic mass is 10.4. The fourth-order valence-electron chi connectivity index (χ4n) is 2.61. The first-order valence-electron chi connectivity index (χ1n) is 8.17. The molecule has 132 valence electrons. The Hall–Kier alpha value is -1.42. The minimum Gasteiger partial charge on any atom is -0.379 e. The van der Waals surface area contributed by atoms with E-state index in [0.717, 1.165) is 71.9 Å². The third-order valence-electron chi connectivity index (χ3n) is 3.93. The topological polar surface area (TPSA) is 92.1 Å². The van der Waals surface area contributed by atoms with E-state index in [-0.39, 0.29) is 0 Å². The zero-order chi connectivity index (χ0) is 16.3. The number of nitrogens with zero attached hydrogens (tertiary/aromatic N) is 3. The van der Waals surface area contributed by atoms with Gasteiger partial charge in [0.2, 0.25) is 0 Å². The summed E-state index contributed by atoms with van der Waals surface area (Å²) in [6, 6.07) is 0. The highest BCUT2D eigenvalue weighted by Gasteiger charge is 2.12. The van der Waals surface area contributed by atoms with Crippen molar-refractivity contribution in [1.29, 1.82) is 0 Å². The van der Waals surface area contributed by atoms with E-state index in [1.165, 1.54) is 0 Å². The standard InChI is InChI=1S/C14H27N5O4/c20-19(21)13-14(15-1-3-17-5-9-22-10-6-17)16-2-4-18-7-11-23-12-8-18/h13,15-16H,1-12H2. The van der Waals surface area contributed by atoms with Crippen LogP contribution in [0.2, 0.25) is 0 Å². The van der Waals surface area contributed by atoms with Gasteiger partial charge in [0.1, 0.15) is 0 Å². The molecule has 0 radical (unpaired) electrons. The Kier molecular flexibility index (Phi) is 8.08. The van der Waals surface area contributed by atoms with Crippen LogP contribution in [-0.2, 0) is 9.47 Å². The molecule has 0 amide bonds. The highest BCUT2D eigenvalue weighted by Crippen LogP contribution is 1.97. The maximum atomic E-state index is 10.7. The molecule has 0 bridgehead atoms. The Morgan fingerprint density at radius 3 is 1.78 bits per heavy atom. The van der Waals surface area contributed by atoms with Crippen LogP contribution in [0.25, 0.3) is 0 Å². The van der Waals surface area contributed by atoms with E-state index in [1.807, 2.05) is 0 Å². The van der Waals surface area contributed by atoms with Gasteiger partial charge in [-0.05, 0) is 0 Å². The fourth-order valence-corrected chi connectivity index (χ4v) is 2.61. The quantitative estimate of drug-likeness (QED) is 0.407. The van der Waals surface area contributed by atoms with Gasteiger partial charge in [-0.3, -0.25) is 19.9 Å². The summed E-state index contributed by atoms with van der Waals surface area (Å²) in [7, 11) is 0. The van der Waals surface area contributed by atoms with Crippen molar-refractivity contribution in [1.82, 2.24) is 20.4 Å². The Bertz CT molecular complexity index is 355. The second-order valence-corrected chi connectivity index (χ2v) is 5.59. The van der Waals surface area contributed by atoms with Crippen LogP contribution in [0.3, 0.4) is 0 Å². The lowest BCUT2D eigenvalue weighted by Crippen LogP contribution is -2.43. The lowest BCUT2D eigenvalue weighted by Gasteiger charge is -2.27. The molecule has 9 nitrogen and oxygen atoms in total. The van der Waals surface area contributed by atoms with E-state index in [0.29, 0.717) is 18.9 Å². The Labute approximate surface area is 136 Å². The maximum absolute atomic E-state index is 10.7. The van der Waals surface area contributed by atoms with E-state index < -0.39 is 4.92 Å². The number of morpholine rings is 2.